The van der Waals surface area contributed by atoms with Gasteiger partial charge in [-0.2, -0.15) is 0 Å². The van der Waals surface area contributed by atoms with Crippen LogP contribution in [0.3, 0.4) is 0 Å². The monoisotopic (exact) mass is 366 g/mol. The fourth-order valence-electron chi connectivity index (χ4n) is 3.86. The van der Waals surface area contributed by atoms with Gasteiger partial charge in [0.25, 0.3) is 0 Å². The molecule has 136 valence electrons. The largest absolute Gasteiger partial charge is 0.349 e. The summed E-state index contributed by atoms with van der Waals surface area (Å²) < 4.78 is 0. The molecular weight excluding hydrogens is 340 g/mol. The average molecular weight is 367 g/mol. The molecule has 0 radical (unpaired) electrons. The van der Waals surface area contributed by atoms with Crippen LogP contribution in [0.15, 0.2) is 65.7 Å². The second kappa shape index (κ2) is 8.25. The lowest BCUT2D eigenvalue weighted by atomic mass is 9.92. The third-order valence-corrected chi connectivity index (χ3v) is 6.25. The molecule has 26 heavy (non-hydrogen) atoms. The van der Waals surface area contributed by atoms with E-state index in [2.05, 4.69) is 69.4 Å². The average Bonchev–Trinajstić information content (AvgIpc) is 3.25. The summed E-state index contributed by atoms with van der Waals surface area (Å²) in [6.07, 6.45) is 0. The maximum atomic E-state index is 6.78. The van der Waals surface area contributed by atoms with Crippen LogP contribution in [0.1, 0.15) is 23.2 Å². The van der Waals surface area contributed by atoms with Gasteiger partial charge >= 0.3 is 0 Å². The molecule has 5 heteroatoms. The van der Waals surface area contributed by atoms with Crippen LogP contribution in [0, 0.1) is 0 Å². The molecule has 0 aromatic heterocycles. The van der Waals surface area contributed by atoms with E-state index in [1.54, 1.807) is 0 Å². The number of thioether (sulfide) groups is 1. The fraction of sp³-hybridized carbons (Fsp3) is 0.381. The van der Waals surface area contributed by atoms with Gasteiger partial charge in [-0.3, -0.25) is 9.89 Å². The van der Waals surface area contributed by atoms with Crippen LogP contribution < -0.4 is 5.73 Å². The van der Waals surface area contributed by atoms with Crippen LogP contribution in [0.5, 0.6) is 0 Å². The minimum atomic E-state index is -0.0386. The minimum absolute atomic E-state index is 0.0386. The molecule has 0 amide bonds. The zero-order valence-electron chi connectivity index (χ0n) is 15.0. The number of rotatable bonds is 4. The summed E-state index contributed by atoms with van der Waals surface area (Å²) in [7, 11) is 0. The zero-order chi connectivity index (χ0) is 17.8. The molecule has 2 N–H and O–H groups in total. The normalized spacial score (nSPS) is 20.7. The number of aliphatic imine (C=N–C) groups is 1. The summed E-state index contributed by atoms with van der Waals surface area (Å²) in [5.41, 5.74) is 9.27. The van der Waals surface area contributed by atoms with Crippen LogP contribution in [0.25, 0.3) is 0 Å². The maximum Gasteiger partial charge on any atom is 0.159 e. The molecule has 2 aromatic rings. The van der Waals surface area contributed by atoms with E-state index in [1.807, 2.05) is 17.8 Å². The molecule has 4 nitrogen and oxygen atoms in total. The van der Waals surface area contributed by atoms with E-state index < -0.39 is 0 Å². The van der Waals surface area contributed by atoms with Gasteiger partial charge in [0.2, 0.25) is 0 Å². The van der Waals surface area contributed by atoms with Crippen LogP contribution in [-0.2, 0) is 0 Å². The lowest BCUT2D eigenvalue weighted by Gasteiger charge is -2.42. The first-order valence-corrected chi connectivity index (χ1v) is 10.3. The lowest BCUT2D eigenvalue weighted by Crippen LogP contribution is -2.50. The molecule has 0 aliphatic carbocycles. The van der Waals surface area contributed by atoms with Gasteiger partial charge in [0.1, 0.15) is 0 Å². The van der Waals surface area contributed by atoms with Crippen molar-refractivity contribution in [2.75, 3.05) is 38.5 Å². The summed E-state index contributed by atoms with van der Waals surface area (Å²) in [5, 5.41) is 1.23. The van der Waals surface area contributed by atoms with Gasteiger partial charge in [-0.15, -0.1) is 0 Å². The first-order valence-electron chi connectivity index (χ1n) is 9.34. The van der Waals surface area contributed by atoms with Crippen molar-refractivity contribution in [1.82, 2.24) is 9.80 Å². The molecule has 1 fully saturated rings. The first kappa shape index (κ1) is 17.6. The Labute approximate surface area is 160 Å². The van der Waals surface area contributed by atoms with Gasteiger partial charge in [0.15, 0.2) is 5.17 Å². The van der Waals surface area contributed by atoms with E-state index in [0.29, 0.717) is 0 Å². The van der Waals surface area contributed by atoms with Crippen LogP contribution in [-0.4, -0.2) is 53.4 Å². The third kappa shape index (κ3) is 3.80. The Morgan fingerprint density at radius 2 is 1.46 bits per heavy atom. The van der Waals surface area contributed by atoms with E-state index in [1.165, 1.54) is 16.3 Å². The Morgan fingerprint density at radius 3 is 2.04 bits per heavy atom. The molecule has 2 aliphatic heterocycles. The number of hydrogen-bond donors (Lipinski definition) is 1. The molecular formula is C21H26N4S. The lowest BCUT2D eigenvalue weighted by molar-refractivity contribution is 0.116. The van der Waals surface area contributed by atoms with E-state index >= 15 is 0 Å². The molecule has 2 aromatic carbocycles. The van der Waals surface area contributed by atoms with Crippen LogP contribution in [0.4, 0.5) is 0 Å². The first-order chi connectivity index (χ1) is 12.8. The van der Waals surface area contributed by atoms with Crippen molar-refractivity contribution in [3.8, 4) is 0 Å². The number of hydrogen-bond acceptors (Lipinski definition) is 5. The van der Waals surface area contributed by atoms with Crippen molar-refractivity contribution in [3.05, 3.63) is 71.8 Å². The smallest absolute Gasteiger partial charge is 0.159 e. The van der Waals surface area contributed by atoms with E-state index in [4.69, 9.17) is 5.73 Å². The third-order valence-electron chi connectivity index (χ3n) is 5.21. The SMILES string of the molecule is N[C@@H](c1ccccc1)[C@@H](c1ccccc1)N1CCN(C2=NCCS2)CC1. The highest BCUT2D eigenvalue weighted by molar-refractivity contribution is 8.14. The fourth-order valence-corrected chi connectivity index (χ4v) is 4.77. The van der Waals surface area contributed by atoms with Gasteiger partial charge in [0.05, 0.1) is 12.6 Å². The highest BCUT2D eigenvalue weighted by Gasteiger charge is 2.31. The highest BCUT2D eigenvalue weighted by atomic mass is 32.2. The Morgan fingerprint density at radius 1 is 0.846 bits per heavy atom. The van der Waals surface area contributed by atoms with Gasteiger partial charge in [-0.25, -0.2) is 0 Å². The van der Waals surface area contributed by atoms with Crippen molar-refractivity contribution < 1.29 is 0 Å². The van der Waals surface area contributed by atoms with Crippen molar-refractivity contribution in [2.24, 2.45) is 10.7 Å². The van der Waals surface area contributed by atoms with Gasteiger partial charge in [-0.1, -0.05) is 72.4 Å². The quantitative estimate of drug-likeness (QED) is 0.903. The minimum Gasteiger partial charge on any atom is -0.349 e. The zero-order valence-corrected chi connectivity index (χ0v) is 15.8. The number of amidine groups is 1. The van der Waals surface area contributed by atoms with Crippen LogP contribution in [0.2, 0.25) is 0 Å². The highest BCUT2D eigenvalue weighted by Crippen LogP contribution is 2.33. The number of nitrogens with zero attached hydrogens (tertiary/aromatic N) is 3. The Balaban J connectivity index is 1.54. The standard InChI is InChI=1S/C21H26N4S/c22-19(17-7-3-1-4-8-17)20(18-9-5-2-6-10-18)24-12-14-25(15-13-24)21-23-11-16-26-21/h1-10,19-20H,11-16,22H2/t19-,20+/m0/s1. The van der Waals surface area contributed by atoms with Gasteiger partial charge < -0.3 is 10.6 Å². The van der Waals surface area contributed by atoms with E-state index in [0.717, 1.165) is 38.5 Å². The van der Waals surface area contributed by atoms with E-state index in [9.17, 15) is 0 Å². The summed E-state index contributed by atoms with van der Waals surface area (Å²) in [5.74, 6) is 1.13. The van der Waals surface area contributed by atoms with Crippen molar-refractivity contribution in [3.63, 3.8) is 0 Å². The molecule has 0 unspecified atom stereocenters. The molecule has 2 atom stereocenters. The molecule has 1 saturated heterocycles. The van der Waals surface area contributed by atoms with Crippen molar-refractivity contribution in [1.29, 1.82) is 0 Å². The molecule has 0 saturated carbocycles. The van der Waals surface area contributed by atoms with Gasteiger partial charge in [0, 0.05) is 38.0 Å². The molecule has 2 aliphatic rings. The van der Waals surface area contributed by atoms with Crippen molar-refractivity contribution >= 4 is 16.9 Å². The Kier molecular flexibility index (Phi) is 5.58. The Hall–Kier alpha value is -1.82. The number of piperazine rings is 1. The predicted octanol–water partition coefficient (Wildman–Crippen LogP) is 3.15. The molecule has 0 spiro atoms. The number of benzene rings is 2. The summed E-state index contributed by atoms with van der Waals surface area (Å²) in [6, 6.07) is 21.3. The van der Waals surface area contributed by atoms with Gasteiger partial charge in [-0.05, 0) is 11.1 Å². The second-order valence-corrected chi connectivity index (χ2v) is 7.89. The summed E-state index contributed by atoms with van der Waals surface area (Å²) in [4.78, 5) is 9.61. The maximum absolute atomic E-state index is 6.78. The molecule has 4 rings (SSSR count). The van der Waals surface area contributed by atoms with E-state index in [-0.39, 0.29) is 12.1 Å². The second-order valence-electron chi connectivity index (χ2n) is 6.83. The van der Waals surface area contributed by atoms with Crippen LogP contribution >= 0.6 is 11.8 Å². The Bertz CT molecular complexity index is 726. The molecule has 2 heterocycles. The van der Waals surface area contributed by atoms with Crippen molar-refractivity contribution in [2.45, 2.75) is 12.1 Å². The topological polar surface area (TPSA) is 44.9 Å². The summed E-state index contributed by atoms with van der Waals surface area (Å²) in [6.45, 7) is 5.04. The predicted molar refractivity (Wildman–Crippen MR) is 110 cm³/mol. The summed E-state index contributed by atoms with van der Waals surface area (Å²) >= 11 is 1.89. The molecule has 0 bridgehead atoms. The number of nitrogens with two attached hydrogens (primary N) is 1.